The zero-order valence-corrected chi connectivity index (χ0v) is 10.1. The summed E-state index contributed by atoms with van der Waals surface area (Å²) in [5.41, 5.74) is 4.52. The number of nitrogens with two attached hydrogens (primary N) is 1. The van der Waals surface area contributed by atoms with E-state index in [1.54, 1.807) is 20.8 Å². The molecule has 0 fully saturated rings. The van der Waals surface area contributed by atoms with E-state index in [9.17, 15) is 14.4 Å². The maximum Gasteiger partial charge on any atom is 0.325 e. The standard InChI is InChI=1S/C10H18N2O5/c1-10(2,3)17-8(14)5-12-7(13)4-6(11)9(15)16/h6H,4-5,11H2,1-3H3,(H,12,13)(H,15,16)/t6-/m0/s1. The number of amides is 1. The Morgan fingerprint density at radius 2 is 1.88 bits per heavy atom. The largest absolute Gasteiger partial charge is 0.480 e. The van der Waals surface area contributed by atoms with Crippen molar-refractivity contribution in [2.45, 2.75) is 38.8 Å². The van der Waals surface area contributed by atoms with Gasteiger partial charge in [-0.3, -0.25) is 14.4 Å². The van der Waals surface area contributed by atoms with Gasteiger partial charge < -0.3 is 20.9 Å². The zero-order valence-electron chi connectivity index (χ0n) is 10.1. The molecular weight excluding hydrogens is 228 g/mol. The fourth-order valence-electron chi connectivity index (χ4n) is 0.908. The molecule has 0 bridgehead atoms. The molecule has 0 saturated carbocycles. The Labute approximate surface area is 99.3 Å². The van der Waals surface area contributed by atoms with Crippen molar-refractivity contribution < 1.29 is 24.2 Å². The molecule has 0 aromatic rings. The smallest absolute Gasteiger partial charge is 0.325 e. The van der Waals surface area contributed by atoms with E-state index >= 15 is 0 Å². The van der Waals surface area contributed by atoms with Crippen molar-refractivity contribution in [2.75, 3.05) is 6.54 Å². The molecule has 0 radical (unpaired) electrons. The Morgan fingerprint density at radius 3 is 2.29 bits per heavy atom. The lowest BCUT2D eigenvalue weighted by molar-refractivity contribution is -0.154. The van der Waals surface area contributed by atoms with Crippen LogP contribution in [0.4, 0.5) is 0 Å². The Kier molecular flexibility index (Phi) is 5.60. The highest BCUT2D eigenvalue weighted by Crippen LogP contribution is 2.06. The number of rotatable bonds is 5. The van der Waals surface area contributed by atoms with Gasteiger partial charge in [-0.1, -0.05) is 0 Å². The van der Waals surface area contributed by atoms with E-state index in [1.165, 1.54) is 0 Å². The Morgan fingerprint density at radius 1 is 1.35 bits per heavy atom. The Bertz CT molecular complexity index is 308. The van der Waals surface area contributed by atoms with Crippen molar-refractivity contribution in [3.05, 3.63) is 0 Å². The Hall–Kier alpha value is -1.63. The van der Waals surface area contributed by atoms with Crippen LogP contribution in [0.5, 0.6) is 0 Å². The van der Waals surface area contributed by atoms with Gasteiger partial charge in [-0.15, -0.1) is 0 Å². The summed E-state index contributed by atoms with van der Waals surface area (Å²) in [6, 6.07) is -1.27. The van der Waals surface area contributed by atoms with Crippen molar-refractivity contribution in [1.29, 1.82) is 0 Å². The number of carboxylic acid groups (broad SMARTS) is 1. The molecule has 7 heteroatoms. The number of hydrogen-bond donors (Lipinski definition) is 3. The van der Waals surface area contributed by atoms with Gasteiger partial charge in [0, 0.05) is 0 Å². The number of carboxylic acids is 1. The highest BCUT2D eigenvalue weighted by molar-refractivity contribution is 5.86. The summed E-state index contributed by atoms with van der Waals surface area (Å²) in [6.45, 7) is 4.80. The molecule has 0 saturated heterocycles. The van der Waals surface area contributed by atoms with Crippen LogP contribution in [0.1, 0.15) is 27.2 Å². The molecule has 0 heterocycles. The SMILES string of the molecule is CC(C)(C)OC(=O)CNC(=O)C[C@H](N)C(=O)O. The fraction of sp³-hybridized carbons (Fsp3) is 0.700. The van der Waals surface area contributed by atoms with Gasteiger partial charge in [-0.25, -0.2) is 0 Å². The lowest BCUT2D eigenvalue weighted by Crippen LogP contribution is -2.39. The van der Waals surface area contributed by atoms with Crippen molar-refractivity contribution in [1.82, 2.24) is 5.32 Å². The maximum atomic E-state index is 11.2. The molecule has 7 nitrogen and oxygen atoms in total. The van der Waals surface area contributed by atoms with Crippen molar-refractivity contribution in [3.8, 4) is 0 Å². The first kappa shape index (κ1) is 15.4. The van der Waals surface area contributed by atoms with E-state index in [1.807, 2.05) is 0 Å². The zero-order chi connectivity index (χ0) is 13.6. The van der Waals surface area contributed by atoms with E-state index in [0.29, 0.717) is 0 Å². The molecule has 1 amide bonds. The summed E-state index contributed by atoms with van der Waals surface area (Å²) < 4.78 is 4.94. The number of ether oxygens (including phenoxy) is 1. The molecule has 0 aliphatic carbocycles. The second-order valence-electron chi connectivity index (χ2n) is 4.51. The third kappa shape index (κ3) is 8.21. The van der Waals surface area contributed by atoms with Crippen molar-refractivity contribution in [2.24, 2.45) is 5.73 Å². The molecule has 0 rings (SSSR count). The monoisotopic (exact) mass is 246 g/mol. The predicted octanol–water partition coefficient (Wildman–Crippen LogP) is -0.754. The normalized spacial score (nSPS) is 12.7. The molecule has 0 unspecified atom stereocenters. The third-order valence-corrected chi connectivity index (χ3v) is 1.57. The second-order valence-corrected chi connectivity index (χ2v) is 4.51. The minimum atomic E-state index is -1.27. The van der Waals surface area contributed by atoms with Crippen LogP contribution in [0.3, 0.4) is 0 Å². The Balaban J connectivity index is 3.93. The van der Waals surface area contributed by atoms with Gasteiger partial charge in [0.05, 0.1) is 6.42 Å². The molecule has 98 valence electrons. The molecular formula is C10H18N2O5. The minimum absolute atomic E-state index is 0.303. The van der Waals surface area contributed by atoms with E-state index in [4.69, 9.17) is 15.6 Å². The van der Waals surface area contributed by atoms with Gasteiger partial charge >= 0.3 is 11.9 Å². The minimum Gasteiger partial charge on any atom is -0.480 e. The van der Waals surface area contributed by atoms with Crippen LogP contribution in [0.2, 0.25) is 0 Å². The molecule has 0 aliphatic rings. The molecule has 0 aromatic carbocycles. The van der Waals surface area contributed by atoms with Crippen LogP contribution in [-0.2, 0) is 19.1 Å². The van der Waals surface area contributed by atoms with E-state index < -0.39 is 29.5 Å². The summed E-state index contributed by atoms with van der Waals surface area (Å²) >= 11 is 0. The number of nitrogens with one attached hydrogen (secondary N) is 1. The van der Waals surface area contributed by atoms with E-state index in [2.05, 4.69) is 5.32 Å². The molecule has 0 aliphatic heterocycles. The highest BCUT2D eigenvalue weighted by Gasteiger charge is 2.19. The first-order valence-electron chi connectivity index (χ1n) is 5.09. The van der Waals surface area contributed by atoms with E-state index in [0.717, 1.165) is 0 Å². The summed E-state index contributed by atoms with van der Waals surface area (Å²) in [4.78, 5) is 32.7. The van der Waals surface area contributed by atoms with Gasteiger partial charge in [0.15, 0.2) is 0 Å². The fourth-order valence-corrected chi connectivity index (χ4v) is 0.908. The van der Waals surface area contributed by atoms with Crippen LogP contribution >= 0.6 is 0 Å². The van der Waals surface area contributed by atoms with Gasteiger partial charge in [0.2, 0.25) is 5.91 Å². The first-order valence-corrected chi connectivity index (χ1v) is 5.09. The molecule has 0 spiro atoms. The molecule has 0 aromatic heterocycles. The average Bonchev–Trinajstić information content (AvgIpc) is 2.11. The highest BCUT2D eigenvalue weighted by atomic mass is 16.6. The van der Waals surface area contributed by atoms with Crippen LogP contribution in [0.15, 0.2) is 0 Å². The summed E-state index contributed by atoms with van der Waals surface area (Å²) in [7, 11) is 0. The van der Waals surface area contributed by atoms with Gasteiger partial charge in [0.25, 0.3) is 0 Å². The first-order chi connectivity index (χ1) is 7.61. The predicted molar refractivity (Wildman–Crippen MR) is 59.1 cm³/mol. The number of hydrogen-bond acceptors (Lipinski definition) is 5. The van der Waals surface area contributed by atoms with Crippen LogP contribution in [0, 0.1) is 0 Å². The second kappa shape index (κ2) is 6.19. The van der Waals surface area contributed by atoms with Crippen LogP contribution in [-0.4, -0.2) is 41.1 Å². The molecule has 17 heavy (non-hydrogen) atoms. The number of carbonyl (C=O) groups excluding carboxylic acids is 2. The van der Waals surface area contributed by atoms with Gasteiger partial charge in [-0.05, 0) is 20.8 Å². The lowest BCUT2D eigenvalue weighted by atomic mass is 10.2. The quantitative estimate of drug-likeness (QED) is 0.549. The van der Waals surface area contributed by atoms with Gasteiger partial charge in [0.1, 0.15) is 18.2 Å². The van der Waals surface area contributed by atoms with Crippen LogP contribution < -0.4 is 11.1 Å². The summed E-state index contributed by atoms with van der Waals surface area (Å²) in [6.07, 6.45) is -0.377. The average molecular weight is 246 g/mol. The third-order valence-electron chi connectivity index (χ3n) is 1.57. The van der Waals surface area contributed by atoms with Crippen molar-refractivity contribution >= 4 is 17.8 Å². The van der Waals surface area contributed by atoms with E-state index in [-0.39, 0.29) is 13.0 Å². The number of esters is 1. The van der Waals surface area contributed by atoms with Gasteiger partial charge in [-0.2, -0.15) is 0 Å². The number of aliphatic carboxylic acids is 1. The number of carbonyl (C=O) groups is 3. The summed E-state index contributed by atoms with van der Waals surface area (Å²) in [5.74, 6) is -2.46. The maximum absolute atomic E-state index is 11.2. The summed E-state index contributed by atoms with van der Waals surface area (Å²) in [5, 5.41) is 10.7. The topological polar surface area (TPSA) is 119 Å². The van der Waals surface area contributed by atoms with Crippen LogP contribution in [0.25, 0.3) is 0 Å². The van der Waals surface area contributed by atoms with Crippen molar-refractivity contribution in [3.63, 3.8) is 0 Å². The lowest BCUT2D eigenvalue weighted by Gasteiger charge is -2.19. The molecule has 4 N–H and O–H groups in total. The molecule has 1 atom stereocenters.